The number of aryl methyl sites for hydroxylation is 1. The summed E-state index contributed by atoms with van der Waals surface area (Å²) in [6, 6.07) is 3.60. The highest BCUT2D eigenvalue weighted by molar-refractivity contribution is 5.79. The summed E-state index contributed by atoms with van der Waals surface area (Å²) in [7, 11) is 1.82. The SMILES string of the molecule is CC(=O)CC[C@@H](CF)COC1CCC(Oc2nc3c(F)cc(OC4CC4)cc3n2C)CC1. The van der Waals surface area contributed by atoms with Crippen molar-refractivity contribution >= 4 is 16.8 Å². The number of hydrogen-bond acceptors (Lipinski definition) is 5. The van der Waals surface area contributed by atoms with Crippen LogP contribution in [0.1, 0.15) is 58.3 Å². The standard InChI is InChI=1S/C24H32F2N2O4/c1-15(29)3-4-16(13-25)14-30-17-5-7-19(8-6-17)32-24-27-23-21(26)11-20(31-18-9-10-18)12-22(23)28(24)2/h11-12,16-19H,3-10,13-14H2,1-2H3/t16-,17?,19?/m0/s1. The Hall–Kier alpha value is -2.22. The summed E-state index contributed by atoms with van der Waals surface area (Å²) in [5.41, 5.74) is 0.931. The van der Waals surface area contributed by atoms with Gasteiger partial charge in [0, 0.05) is 31.5 Å². The molecule has 1 heterocycles. The van der Waals surface area contributed by atoms with Crippen LogP contribution in [0.25, 0.3) is 11.0 Å². The van der Waals surface area contributed by atoms with Gasteiger partial charge in [-0.2, -0.15) is 4.98 Å². The van der Waals surface area contributed by atoms with Crippen LogP contribution in [0, 0.1) is 11.7 Å². The Morgan fingerprint density at radius 1 is 1.12 bits per heavy atom. The van der Waals surface area contributed by atoms with Crippen molar-refractivity contribution in [1.82, 2.24) is 9.55 Å². The molecular formula is C24H32F2N2O4. The number of aromatic nitrogens is 2. The van der Waals surface area contributed by atoms with E-state index in [1.165, 1.54) is 13.0 Å². The smallest absolute Gasteiger partial charge is 0.297 e. The van der Waals surface area contributed by atoms with Crippen molar-refractivity contribution < 1.29 is 27.8 Å². The normalized spacial score (nSPS) is 22.1. The molecule has 2 saturated carbocycles. The molecule has 176 valence electrons. The zero-order valence-electron chi connectivity index (χ0n) is 18.8. The molecule has 2 fully saturated rings. The summed E-state index contributed by atoms with van der Waals surface area (Å²) in [5.74, 6) is -0.0290. The summed E-state index contributed by atoms with van der Waals surface area (Å²) in [6.45, 7) is 1.40. The molecule has 4 rings (SSSR count). The number of alkyl halides is 1. The van der Waals surface area contributed by atoms with Gasteiger partial charge in [0.1, 0.15) is 23.2 Å². The lowest BCUT2D eigenvalue weighted by Crippen LogP contribution is -2.30. The molecule has 1 aromatic heterocycles. The van der Waals surface area contributed by atoms with Crippen LogP contribution in [0.5, 0.6) is 11.8 Å². The number of nitrogens with zero attached hydrogens (tertiary/aromatic N) is 2. The van der Waals surface area contributed by atoms with Crippen molar-refractivity contribution in [2.24, 2.45) is 13.0 Å². The number of rotatable bonds is 11. The number of Topliss-reactive ketones (excluding diaryl/α,β-unsaturated/α-hetero) is 1. The topological polar surface area (TPSA) is 62.6 Å². The van der Waals surface area contributed by atoms with Crippen LogP contribution < -0.4 is 9.47 Å². The Bertz CT molecular complexity index is 936. The summed E-state index contributed by atoms with van der Waals surface area (Å²) in [5, 5.41) is 0. The maximum Gasteiger partial charge on any atom is 0.297 e. The van der Waals surface area contributed by atoms with Crippen LogP contribution >= 0.6 is 0 Å². The zero-order chi connectivity index (χ0) is 22.7. The summed E-state index contributed by atoms with van der Waals surface area (Å²) in [4.78, 5) is 15.5. The van der Waals surface area contributed by atoms with Gasteiger partial charge < -0.3 is 19.0 Å². The second-order valence-electron chi connectivity index (χ2n) is 9.15. The zero-order valence-corrected chi connectivity index (χ0v) is 18.8. The molecule has 1 atom stereocenters. The van der Waals surface area contributed by atoms with Crippen LogP contribution in [0.2, 0.25) is 0 Å². The molecule has 6 nitrogen and oxygen atoms in total. The van der Waals surface area contributed by atoms with Crippen LogP contribution in [0.3, 0.4) is 0 Å². The minimum Gasteiger partial charge on any atom is -0.490 e. The first-order chi connectivity index (χ1) is 15.4. The van der Waals surface area contributed by atoms with E-state index in [2.05, 4.69) is 4.98 Å². The van der Waals surface area contributed by atoms with Gasteiger partial charge in [0.05, 0.1) is 31.0 Å². The van der Waals surface area contributed by atoms with Gasteiger partial charge in [-0.05, 0) is 51.9 Å². The third-order valence-electron chi connectivity index (χ3n) is 6.28. The number of imidazole rings is 1. The van der Waals surface area contributed by atoms with Gasteiger partial charge in [-0.15, -0.1) is 0 Å². The second kappa shape index (κ2) is 10.1. The predicted octanol–water partition coefficient (Wildman–Crippen LogP) is 4.92. The van der Waals surface area contributed by atoms with E-state index in [1.54, 1.807) is 4.57 Å². The highest BCUT2D eigenvalue weighted by Gasteiger charge is 2.27. The number of hydrogen-bond donors (Lipinski definition) is 0. The molecule has 1 aromatic carbocycles. The fourth-order valence-corrected chi connectivity index (χ4v) is 4.10. The van der Waals surface area contributed by atoms with Crippen molar-refractivity contribution in [2.45, 2.75) is 76.6 Å². The molecule has 0 aliphatic heterocycles. The molecule has 2 aliphatic rings. The average molecular weight is 451 g/mol. The van der Waals surface area contributed by atoms with Crippen LogP contribution in [-0.2, 0) is 16.6 Å². The van der Waals surface area contributed by atoms with Gasteiger partial charge >= 0.3 is 0 Å². The first kappa shape index (κ1) is 23.0. The largest absolute Gasteiger partial charge is 0.490 e. The van der Waals surface area contributed by atoms with E-state index in [0.29, 0.717) is 36.7 Å². The molecule has 8 heteroatoms. The molecular weight excluding hydrogens is 418 g/mol. The fraction of sp³-hybridized carbons (Fsp3) is 0.667. The molecule has 2 aliphatic carbocycles. The molecule has 0 unspecified atom stereocenters. The van der Waals surface area contributed by atoms with E-state index >= 15 is 0 Å². The van der Waals surface area contributed by atoms with Gasteiger partial charge in [0.2, 0.25) is 0 Å². The Morgan fingerprint density at radius 2 is 1.78 bits per heavy atom. The molecule has 32 heavy (non-hydrogen) atoms. The second-order valence-corrected chi connectivity index (χ2v) is 9.15. The number of benzene rings is 1. The summed E-state index contributed by atoms with van der Waals surface area (Å²) >= 11 is 0. The third-order valence-corrected chi connectivity index (χ3v) is 6.28. The van der Waals surface area contributed by atoms with Crippen LogP contribution in [-0.4, -0.2) is 46.9 Å². The van der Waals surface area contributed by atoms with E-state index in [0.717, 1.165) is 38.5 Å². The van der Waals surface area contributed by atoms with Gasteiger partial charge in [-0.25, -0.2) is 4.39 Å². The maximum atomic E-state index is 14.5. The average Bonchev–Trinajstić information content (AvgIpc) is 3.53. The monoisotopic (exact) mass is 450 g/mol. The van der Waals surface area contributed by atoms with Gasteiger partial charge in [0.25, 0.3) is 6.01 Å². The number of ether oxygens (including phenoxy) is 3. The van der Waals surface area contributed by atoms with E-state index in [-0.39, 0.29) is 35.5 Å². The van der Waals surface area contributed by atoms with Crippen molar-refractivity contribution in [3.8, 4) is 11.8 Å². The number of carbonyl (C=O) groups is 1. The van der Waals surface area contributed by atoms with E-state index < -0.39 is 12.5 Å². The number of fused-ring (bicyclic) bond motifs is 1. The van der Waals surface area contributed by atoms with Crippen molar-refractivity contribution in [2.75, 3.05) is 13.3 Å². The first-order valence-electron chi connectivity index (χ1n) is 11.6. The minimum atomic E-state index is -0.470. The quantitative estimate of drug-likeness (QED) is 0.487. The molecule has 0 radical (unpaired) electrons. The summed E-state index contributed by atoms with van der Waals surface area (Å²) in [6.07, 6.45) is 6.40. The molecule has 0 spiro atoms. The lowest BCUT2D eigenvalue weighted by Gasteiger charge is -2.29. The highest BCUT2D eigenvalue weighted by Crippen LogP contribution is 2.33. The Balaban J connectivity index is 1.29. The molecule has 0 N–H and O–H groups in total. The predicted molar refractivity (Wildman–Crippen MR) is 116 cm³/mol. The summed E-state index contributed by atoms with van der Waals surface area (Å²) < 4.78 is 47.2. The number of carbonyl (C=O) groups excluding carboxylic acids is 1. The van der Waals surface area contributed by atoms with Gasteiger partial charge in [-0.1, -0.05) is 0 Å². The lowest BCUT2D eigenvalue weighted by molar-refractivity contribution is -0.117. The Labute approximate surface area is 187 Å². The Kier molecular flexibility index (Phi) is 7.28. The molecule has 0 amide bonds. The first-order valence-corrected chi connectivity index (χ1v) is 11.6. The van der Waals surface area contributed by atoms with E-state index in [1.807, 2.05) is 13.1 Å². The maximum absolute atomic E-state index is 14.5. The van der Waals surface area contributed by atoms with Crippen molar-refractivity contribution in [3.05, 3.63) is 17.9 Å². The highest BCUT2D eigenvalue weighted by atomic mass is 19.1. The van der Waals surface area contributed by atoms with Gasteiger partial charge in [0.15, 0.2) is 5.82 Å². The van der Waals surface area contributed by atoms with Crippen LogP contribution in [0.4, 0.5) is 8.78 Å². The number of halogens is 2. The lowest BCUT2D eigenvalue weighted by atomic mass is 9.94. The number of ketones is 1. The third kappa shape index (κ3) is 5.77. The molecule has 0 saturated heterocycles. The van der Waals surface area contributed by atoms with Crippen molar-refractivity contribution in [1.29, 1.82) is 0 Å². The van der Waals surface area contributed by atoms with Gasteiger partial charge in [-0.3, -0.25) is 8.96 Å². The van der Waals surface area contributed by atoms with E-state index in [9.17, 15) is 13.6 Å². The van der Waals surface area contributed by atoms with Crippen LogP contribution in [0.15, 0.2) is 12.1 Å². The fourth-order valence-electron chi connectivity index (χ4n) is 4.10. The Morgan fingerprint density at radius 3 is 2.44 bits per heavy atom. The molecule has 2 aromatic rings. The molecule has 0 bridgehead atoms. The minimum absolute atomic E-state index is 0.0229. The van der Waals surface area contributed by atoms with Crippen molar-refractivity contribution in [3.63, 3.8) is 0 Å². The van der Waals surface area contributed by atoms with E-state index in [4.69, 9.17) is 14.2 Å².